The Kier molecular flexibility index (Phi) is 71.6. The van der Waals surface area contributed by atoms with Crippen LogP contribution in [0.3, 0.4) is 0 Å². The SMILES string of the molecule is CCCCCCCCCCCCCCCCCCCCCCC(=O)O[C@H](COC(=O)CCCCCCCCCCCCCCCCCCC)COP(=O)(O)OC[C@@H](O)COP(=O)(O)OC[C@@H](COC(=O)CCCCCCCCC(C)C)OC(=O)CCCCCCCCCCCCCCC. The Morgan fingerprint density at radius 2 is 0.465 bits per heavy atom. The Morgan fingerprint density at radius 1 is 0.273 bits per heavy atom. The van der Waals surface area contributed by atoms with Crippen molar-refractivity contribution in [1.82, 2.24) is 0 Å². The molecule has 0 aliphatic carbocycles. The molecule has 0 saturated carbocycles. The van der Waals surface area contributed by atoms with Crippen LogP contribution >= 0.6 is 15.6 Å². The summed E-state index contributed by atoms with van der Waals surface area (Å²) in [4.78, 5) is 72.9. The minimum Gasteiger partial charge on any atom is -0.462 e. The molecule has 0 saturated heterocycles. The molecule has 0 rings (SSSR count). The van der Waals surface area contributed by atoms with Gasteiger partial charge in [0.25, 0.3) is 0 Å². The van der Waals surface area contributed by atoms with Crippen molar-refractivity contribution in [2.24, 2.45) is 5.92 Å². The number of ether oxygens (including phenoxy) is 4. The molecule has 0 aromatic rings. The summed E-state index contributed by atoms with van der Waals surface area (Å²) in [5.41, 5.74) is 0. The van der Waals surface area contributed by atoms with Crippen LogP contribution < -0.4 is 0 Å². The number of rotatable bonds is 80. The standard InChI is InChI=1S/C80H156O17P2/c1-6-9-12-15-18-21-24-27-29-31-32-33-35-37-40-43-46-49-56-61-66-79(84)96-75(69-90-77(82)63-58-53-47-44-41-39-36-34-30-28-25-22-19-16-13-10-7-2)71-94-98(86,87)92-67-74(81)68-93-99(88,89)95-72-76(70-91-78(83)64-59-54-51-50-52-57-62-73(4)5)97-80(85)65-60-55-48-45-42-38-26-23-20-17-14-11-8-3/h73-76,81H,6-72H2,1-5H3,(H,86,87)(H,88,89)/t74-,75-,76-/m1/s1. The molecule has 17 nitrogen and oxygen atoms in total. The van der Waals surface area contributed by atoms with Gasteiger partial charge in [0.05, 0.1) is 26.4 Å². The number of carbonyl (C=O) groups excluding carboxylic acids is 4. The fourth-order valence-corrected chi connectivity index (χ4v) is 14.0. The molecule has 0 heterocycles. The van der Waals surface area contributed by atoms with E-state index in [-0.39, 0.29) is 25.7 Å². The number of aliphatic hydroxyl groups is 1. The van der Waals surface area contributed by atoms with Crippen molar-refractivity contribution >= 4 is 39.5 Å². The van der Waals surface area contributed by atoms with E-state index in [2.05, 4.69) is 34.6 Å². The van der Waals surface area contributed by atoms with Crippen molar-refractivity contribution in [2.45, 2.75) is 445 Å². The van der Waals surface area contributed by atoms with E-state index in [1.54, 1.807) is 0 Å². The minimum absolute atomic E-state index is 0.107. The van der Waals surface area contributed by atoms with E-state index in [0.29, 0.717) is 31.6 Å². The topological polar surface area (TPSA) is 237 Å². The quantitative estimate of drug-likeness (QED) is 0.0222. The molecule has 0 aromatic carbocycles. The van der Waals surface area contributed by atoms with Crippen LogP contribution in [0.2, 0.25) is 0 Å². The van der Waals surface area contributed by atoms with Gasteiger partial charge in [-0.2, -0.15) is 0 Å². The van der Waals surface area contributed by atoms with Crippen molar-refractivity contribution in [3.8, 4) is 0 Å². The zero-order valence-corrected chi connectivity index (χ0v) is 66.4. The number of carbonyl (C=O) groups is 4. The van der Waals surface area contributed by atoms with Gasteiger partial charge in [0.2, 0.25) is 0 Å². The Hall–Kier alpha value is -1.94. The molecule has 0 amide bonds. The largest absolute Gasteiger partial charge is 0.472 e. The zero-order chi connectivity index (χ0) is 72.7. The van der Waals surface area contributed by atoms with E-state index in [0.717, 1.165) is 96.3 Å². The molecule has 0 aromatic heterocycles. The van der Waals surface area contributed by atoms with Gasteiger partial charge < -0.3 is 33.8 Å². The van der Waals surface area contributed by atoms with Crippen LogP contribution in [0.5, 0.6) is 0 Å². The first-order valence-electron chi connectivity index (χ1n) is 41.6. The van der Waals surface area contributed by atoms with Gasteiger partial charge in [-0.1, -0.05) is 375 Å². The molecule has 0 bridgehead atoms. The Morgan fingerprint density at radius 3 is 0.687 bits per heavy atom. The maximum Gasteiger partial charge on any atom is 0.472 e. The van der Waals surface area contributed by atoms with Gasteiger partial charge in [-0.05, 0) is 31.6 Å². The zero-order valence-electron chi connectivity index (χ0n) is 64.6. The van der Waals surface area contributed by atoms with Gasteiger partial charge in [0, 0.05) is 25.7 Å². The fraction of sp³-hybridized carbons (Fsp3) is 0.950. The number of unbranched alkanes of at least 4 members (excludes halogenated alkanes) is 52. The van der Waals surface area contributed by atoms with Crippen molar-refractivity contribution < 1.29 is 80.2 Å². The molecule has 0 aliphatic heterocycles. The van der Waals surface area contributed by atoms with Gasteiger partial charge in [0.1, 0.15) is 19.3 Å². The predicted octanol–water partition coefficient (Wildman–Crippen LogP) is 24.0. The summed E-state index contributed by atoms with van der Waals surface area (Å²) in [5.74, 6) is -1.43. The Labute approximate surface area is 607 Å². The van der Waals surface area contributed by atoms with Crippen LogP contribution in [0.4, 0.5) is 0 Å². The Balaban J connectivity index is 5.21. The maximum absolute atomic E-state index is 13.1. The molecular weight excluding hydrogens is 1290 g/mol. The molecule has 5 atom stereocenters. The summed E-state index contributed by atoms with van der Waals surface area (Å²) in [6.07, 6.45) is 64.0. The molecule has 0 spiro atoms. The predicted molar refractivity (Wildman–Crippen MR) is 405 cm³/mol. The van der Waals surface area contributed by atoms with Gasteiger partial charge in [-0.25, -0.2) is 9.13 Å². The second-order valence-corrected chi connectivity index (χ2v) is 32.2. The van der Waals surface area contributed by atoms with E-state index < -0.39 is 97.5 Å². The molecule has 588 valence electrons. The summed E-state index contributed by atoms with van der Waals surface area (Å²) in [5, 5.41) is 10.6. The molecule has 0 radical (unpaired) electrons. The lowest BCUT2D eigenvalue weighted by Gasteiger charge is -2.21. The molecule has 2 unspecified atom stereocenters. The average molecular weight is 1450 g/mol. The summed E-state index contributed by atoms with van der Waals surface area (Å²) in [7, 11) is -9.91. The number of aliphatic hydroxyl groups excluding tert-OH is 1. The van der Waals surface area contributed by atoms with Crippen molar-refractivity contribution in [3.05, 3.63) is 0 Å². The van der Waals surface area contributed by atoms with Crippen LogP contribution in [-0.4, -0.2) is 96.7 Å². The van der Waals surface area contributed by atoms with Gasteiger partial charge in [-0.3, -0.25) is 37.3 Å². The fourth-order valence-electron chi connectivity index (χ4n) is 12.4. The lowest BCUT2D eigenvalue weighted by Crippen LogP contribution is -2.30. The molecule has 0 aliphatic rings. The van der Waals surface area contributed by atoms with Gasteiger partial charge >= 0.3 is 39.5 Å². The number of esters is 4. The second-order valence-electron chi connectivity index (χ2n) is 29.3. The first-order chi connectivity index (χ1) is 48.0. The van der Waals surface area contributed by atoms with E-state index in [1.165, 1.54) is 244 Å². The molecule has 3 N–H and O–H groups in total. The van der Waals surface area contributed by atoms with Crippen LogP contribution in [0.15, 0.2) is 0 Å². The van der Waals surface area contributed by atoms with E-state index >= 15 is 0 Å². The van der Waals surface area contributed by atoms with Crippen LogP contribution in [0.1, 0.15) is 426 Å². The third-order valence-electron chi connectivity index (χ3n) is 18.8. The highest BCUT2D eigenvalue weighted by Gasteiger charge is 2.30. The van der Waals surface area contributed by atoms with Gasteiger partial charge in [0.15, 0.2) is 12.2 Å². The second kappa shape index (κ2) is 73.0. The lowest BCUT2D eigenvalue weighted by molar-refractivity contribution is -0.161. The van der Waals surface area contributed by atoms with Crippen LogP contribution in [0.25, 0.3) is 0 Å². The van der Waals surface area contributed by atoms with Crippen molar-refractivity contribution in [2.75, 3.05) is 39.6 Å². The highest BCUT2D eigenvalue weighted by Crippen LogP contribution is 2.45. The first-order valence-corrected chi connectivity index (χ1v) is 44.6. The lowest BCUT2D eigenvalue weighted by atomic mass is 10.0. The van der Waals surface area contributed by atoms with E-state index in [4.69, 9.17) is 37.0 Å². The normalized spacial score (nSPS) is 13.9. The smallest absolute Gasteiger partial charge is 0.462 e. The third-order valence-corrected chi connectivity index (χ3v) is 20.7. The summed E-state index contributed by atoms with van der Waals surface area (Å²) >= 11 is 0. The van der Waals surface area contributed by atoms with Crippen LogP contribution in [-0.2, 0) is 65.4 Å². The third kappa shape index (κ3) is 74.1. The summed E-state index contributed by atoms with van der Waals surface area (Å²) in [6, 6.07) is 0. The number of hydrogen-bond donors (Lipinski definition) is 3. The molecule has 0 fully saturated rings. The number of phosphoric acid groups is 2. The highest BCUT2D eigenvalue weighted by molar-refractivity contribution is 7.47. The number of hydrogen-bond acceptors (Lipinski definition) is 15. The van der Waals surface area contributed by atoms with E-state index in [9.17, 15) is 43.2 Å². The maximum atomic E-state index is 13.1. The van der Waals surface area contributed by atoms with E-state index in [1.807, 2.05) is 0 Å². The number of phosphoric ester groups is 2. The first kappa shape index (κ1) is 97.1. The van der Waals surface area contributed by atoms with Crippen molar-refractivity contribution in [3.63, 3.8) is 0 Å². The van der Waals surface area contributed by atoms with Crippen molar-refractivity contribution in [1.29, 1.82) is 0 Å². The average Bonchev–Trinajstić information content (AvgIpc) is 0.969. The Bertz CT molecular complexity index is 1890. The molecule has 99 heavy (non-hydrogen) atoms. The molecular formula is C80H156O17P2. The minimum atomic E-state index is -4.96. The summed E-state index contributed by atoms with van der Waals surface area (Å²) < 4.78 is 68.6. The van der Waals surface area contributed by atoms with Gasteiger partial charge in [-0.15, -0.1) is 0 Å². The summed E-state index contributed by atoms with van der Waals surface area (Å²) in [6.45, 7) is 7.24. The highest BCUT2D eigenvalue weighted by atomic mass is 31.2. The monoisotopic (exact) mass is 1450 g/mol. The van der Waals surface area contributed by atoms with Crippen LogP contribution in [0, 0.1) is 5.92 Å². The molecule has 19 heteroatoms.